The molecule has 5 nitrogen and oxygen atoms in total. The van der Waals surface area contributed by atoms with Crippen LogP contribution in [0.25, 0.3) is 32.9 Å². The first-order chi connectivity index (χ1) is 12.3. The Morgan fingerprint density at radius 3 is 3.04 bits per heavy atom. The van der Waals surface area contributed by atoms with Crippen molar-refractivity contribution in [2.45, 2.75) is 6.42 Å². The third-order valence-corrected chi connectivity index (χ3v) is 5.30. The van der Waals surface area contributed by atoms with Crippen LogP contribution in [0.2, 0.25) is 0 Å². The van der Waals surface area contributed by atoms with Gasteiger partial charge < -0.3 is 9.72 Å². The van der Waals surface area contributed by atoms with E-state index in [4.69, 9.17) is 9.72 Å². The second-order valence-electron chi connectivity index (χ2n) is 5.88. The Morgan fingerprint density at radius 2 is 2.16 bits per heavy atom. The van der Waals surface area contributed by atoms with Crippen LogP contribution in [0.1, 0.15) is 5.56 Å². The number of nitrogens with zero attached hydrogens (tertiary/aromatic N) is 2. The van der Waals surface area contributed by atoms with Crippen LogP contribution in [0, 0.1) is 0 Å². The van der Waals surface area contributed by atoms with Crippen LogP contribution < -0.4 is 10.3 Å². The number of aromatic nitrogens is 3. The predicted molar refractivity (Wildman–Crippen MR) is 98.1 cm³/mol. The van der Waals surface area contributed by atoms with Crippen molar-refractivity contribution in [2.75, 3.05) is 6.61 Å². The van der Waals surface area contributed by atoms with Crippen molar-refractivity contribution in [2.24, 2.45) is 0 Å². The topological polar surface area (TPSA) is 67.9 Å². The second kappa shape index (κ2) is 5.53. The first-order valence-electron chi connectivity index (χ1n) is 7.98. The first-order valence-corrected chi connectivity index (χ1v) is 8.86. The van der Waals surface area contributed by atoms with Crippen LogP contribution in [0.15, 0.2) is 52.8 Å². The van der Waals surface area contributed by atoms with Crippen LogP contribution in [0.4, 0.5) is 0 Å². The second-order valence-corrected chi connectivity index (χ2v) is 6.76. The standard InChI is InChI=1S/C19H13N3O2S/c23-19-17-16(21-18(22-19)14-3-1-2-7-20-14)13(10-25-17)11-4-5-15-12(9-11)6-8-24-15/h1-5,7,9-10H,6,8H2,(H,21,22,23). The van der Waals surface area contributed by atoms with Gasteiger partial charge in [0.1, 0.15) is 16.1 Å². The number of thiophene rings is 1. The summed E-state index contributed by atoms with van der Waals surface area (Å²) in [5, 5.41) is 1.99. The fourth-order valence-corrected chi connectivity index (χ4v) is 4.02. The van der Waals surface area contributed by atoms with Gasteiger partial charge in [0.05, 0.1) is 12.1 Å². The molecule has 5 rings (SSSR count). The number of ether oxygens (including phenoxy) is 1. The maximum absolute atomic E-state index is 12.5. The third kappa shape index (κ3) is 2.34. The summed E-state index contributed by atoms with van der Waals surface area (Å²) in [7, 11) is 0. The zero-order chi connectivity index (χ0) is 16.8. The lowest BCUT2D eigenvalue weighted by Gasteiger charge is -2.04. The minimum atomic E-state index is -0.133. The van der Waals surface area contributed by atoms with E-state index in [2.05, 4.69) is 16.0 Å². The average molecular weight is 347 g/mol. The van der Waals surface area contributed by atoms with Crippen LogP contribution in [0.5, 0.6) is 5.75 Å². The minimum absolute atomic E-state index is 0.133. The van der Waals surface area contributed by atoms with E-state index >= 15 is 0 Å². The fourth-order valence-electron chi connectivity index (χ4n) is 3.11. The summed E-state index contributed by atoms with van der Waals surface area (Å²) >= 11 is 1.41. The number of hydrogen-bond acceptors (Lipinski definition) is 5. The minimum Gasteiger partial charge on any atom is -0.493 e. The average Bonchev–Trinajstić information content (AvgIpc) is 3.28. The smallest absolute Gasteiger partial charge is 0.269 e. The van der Waals surface area contributed by atoms with Gasteiger partial charge in [0.15, 0.2) is 5.82 Å². The molecule has 6 heteroatoms. The van der Waals surface area contributed by atoms with Crippen molar-refractivity contribution in [3.8, 4) is 28.4 Å². The molecule has 3 aromatic heterocycles. The van der Waals surface area contributed by atoms with Crippen molar-refractivity contribution in [3.05, 3.63) is 63.9 Å². The molecule has 25 heavy (non-hydrogen) atoms. The number of benzene rings is 1. The molecule has 0 unspecified atom stereocenters. The highest BCUT2D eigenvalue weighted by Gasteiger charge is 2.17. The summed E-state index contributed by atoms with van der Waals surface area (Å²) in [6.07, 6.45) is 2.60. The summed E-state index contributed by atoms with van der Waals surface area (Å²) in [6, 6.07) is 11.7. The monoisotopic (exact) mass is 347 g/mol. The van der Waals surface area contributed by atoms with Crippen molar-refractivity contribution in [3.63, 3.8) is 0 Å². The van der Waals surface area contributed by atoms with E-state index in [0.29, 0.717) is 21.7 Å². The fraction of sp³-hybridized carbons (Fsp3) is 0.105. The van der Waals surface area contributed by atoms with Gasteiger partial charge in [-0.3, -0.25) is 9.78 Å². The zero-order valence-electron chi connectivity index (χ0n) is 13.2. The van der Waals surface area contributed by atoms with E-state index in [0.717, 1.165) is 29.9 Å². The Labute approximate surface area is 147 Å². The molecule has 1 aliphatic heterocycles. The number of rotatable bonds is 2. The molecule has 1 aromatic carbocycles. The zero-order valence-corrected chi connectivity index (χ0v) is 14.0. The van der Waals surface area contributed by atoms with Crippen LogP contribution in [0.3, 0.4) is 0 Å². The Hall–Kier alpha value is -2.99. The van der Waals surface area contributed by atoms with E-state index in [1.54, 1.807) is 6.20 Å². The molecule has 122 valence electrons. The normalized spacial score (nSPS) is 13.0. The molecule has 4 aromatic rings. The van der Waals surface area contributed by atoms with Crippen molar-refractivity contribution in [1.29, 1.82) is 0 Å². The van der Waals surface area contributed by atoms with E-state index in [-0.39, 0.29) is 5.56 Å². The maximum Gasteiger partial charge on any atom is 0.269 e. The summed E-state index contributed by atoms with van der Waals surface area (Å²) in [6.45, 7) is 0.727. The number of nitrogens with one attached hydrogen (secondary N) is 1. The SMILES string of the molecule is O=c1[nH]c(-c2ccccn2)nc2c(-c3ccc4c(c3)CCO4)csc12. The molecular weight excluding hydrogens is 334 g/mol. The lowest BCUT2D eigenvalue weighted by molar-refractivity contribution is 0.357. The lowest BCUT2D eigenvalue weighted by Crippen LogP contribution is -2.08. The molecule has 0 amide bonds. The van der Waals surface area contributed by atoms with Crippen molar-refractivity contribution < 1.29 is 4.74 Å². The Bertz CT molecular complexity index is 1150. The number of hydrogen-bond donors (Lipinski definition) is 1. The molecule has 0 spiro atoms. The van der Waals surface area contributed by atoms with E-state index in [1.165, 1.54) is 16.9 Å². The highest BCUT2D eigenvalue weighted by molar-refractivity contribution is 7.17. The van der Waals surface area contributed by atoms with Gasteiger partial charge in [-0.2, -0.15) is 0 Å². The van der Waals surface area contributed by atoms with E-state index in [9.17, 15) is 4.79 Å². The Balaban J connectivity index is 1.72. The summed E-state index contributed by atoms with van der Waals surface area (Å²) < 4.78 is 6.21. The van der Waals surface area contributed by atoms with Gasteiger partial charge in [-0.25, -0.2) is 4.98 Å². The molecular formula is C19H13N3O2S. The molecule has 0 fully saturated rings. The van der Waals surface area contributed by atoms with Gasteiger partial charge in [0.2, 0.25) is 0 Å². The molecule has 0 atom stereocenters. The van der Waals surface area contributed by atoms with E-state index in [1.807, 2.05) is 35.7 Å². The van der Waals surface area contributed by atoms with Gasteiger partial charge in [0.25, 0.3) is 5.56 Å². The highest BCUT2D eigenvalue weighted by atomic mass is 32.1. The quantitative estimate of drug-likeness (QED) is 0.601. The largest absolute Gasteiger partial charge is 0.493 e. The molecule has 0 radical (unpaired) electrons. The third-order valence-electron chi connectivity index (χ3n) is 4.33. The van der Waals surface area contributed by atoms with Gasteiger partial charge >= 0.3 is 0 Å². The van der Waals surface area contributed by atoms with Crippen LogP contribution in [-0.4, -0.2) is 21.6 Å². The number of pyridine rings is 1. The number of aromatic amines is 1. The predicted octanol–water partition coefficient (Wildman–Crippen LogP) is 3.65. The van der Waals surface area contributed by atoms with Crippen molar-refractivity contribution in [1.82, 2.24) is 15.0 Å². The molecule has 4 heterocycles. The molecule has 1 aliphatic rings. The maximum atomic E-state index is 12.5. The first kappa shape index (κ1) is 14.4. The molecule has 0 saturated carbocycles. The van der Waals surface area contributed by atoms with Gasteiger partial charge in [-0.05, 0) is 35.4 Å². The molecule has 0 saturated heterocycles. The molecule has 1 N–H and O–H groups in total. The highest BCUT2D eigenvalue weighted by Crippen LogP contribution is 2.35. The summed E-state index contributed by atoms with van der Waals surface area (Å²) in [4.78, 5) is 24.3. The van der Waals surface area contributed by atoms with Crippen LogP contribution in [-0.2, 0) is 6.42 Å². The van der Waals surface area contributed by atoms with E-state index < -0.39 is 0 Å². The number of fused-ring (bicyclic) bond motifs is 2. The Kier molecular flexibility index (Phi) is 3.18. The van der Waals surface area contributed by atoms with Crippen LogP contribution >= 0.6 is 11.3 Å². The van der Waals surface area contributed by atoms with Gasteiger partial charge in [0, 0.05) is 23.6 Å². The lowest BCUT2D eigenvalue weighted by atomic mass is 10.0. The van der Waals surface area contributed by atoms with Gasteiger partial charge in [-0.1, -0.05) is 12.1 Å². The molecule has 0 bridgehead atoms. The summed E-state index contributed by atoms with van der Waals surface area (Å²) in [5.41, 5.74) is 4.46. The van der Waals surface area contributed by atoms with Crippen molar-refractivity contribution >= 4 is 21.6 Å². The number of H-pyrrole nitrogens is 1. The summed E-state index contributed by atoms with van der Waals surface area (Å²) in [5.74, 6) is 1.44. The Morgan fingerprint density at radius 1 is 1.20 bits per heavy atom. The van der Waals surface area contributed by atoms with Gasteiger partial charge in [-0.15, -0.1) is 11.3 Å². The molecule has 0 aliphatic carbocycles.